The number of likely N-dealkylation sites (N-methyl/N-ethyl adjacent to an activating group) is 1. The first kappa shape index (κ1) is 26.7. The van der Waals surface area contributed by atoms with Crippen molar-refractivity contribution in [1.82, 2.24) is 15.1 Å². The van der Waals surface area contributed by atoms with E-state index in [1.54, 1.807) is 0 Å². The number of hydrogen-bond donors (Lipinski definition) is 1. The van der Waals surface area contributed by atoms with Crippen LogP contribution in [0.25, 0.3) is 0 Å². The van der Waals surface area contributed by atoms with E-state index < -0.39 is 0 Å². The van der Waals surface area contributed by atoms with Crippen LogP contribution in [0.5, 0.6) is 5.75 Å². The molecule has 1 fully saturated rings. The lowest BCUT2D eigenvalue weighted by atomic mass is 10.1. The van der Waals surface area contributed by atoms with E-state index >= 15 is 0 Å². The number of rotatable bonds is 11. The van der Waals surface area contributed by atoms with Gasteiger partial charge in [0.15, 0.2) is 5.96 Å². The summed E-state index contributed by atoms with van der Waals surface area (Å²) in [5.74, 6) is 1.82. The van der Waals surface area contributed by atoms with Gasteiger partial charge in [0.25, 0.3) is 0 Å². The van der Waals surface area contributed by atoms with Crippen LogP contribution >= 0.6 is 24.0 Å². The van der Waals surface area contributed by atoms with Crippen molar-refractivity contribution in [3.63, 3.8) is 0 Å². The van der Waals surface area contributed by atoms with Gasteiger partial charge in [-0.05, 0) is 50.4 Å². The summed E-state index contributed by atoms with van der Waals surface area (Å²) in [5.41, 5.74) is 1.18. The number of ether oxygens (including phenoxy) is 2. The maximum atomic E-state index is 6.00. The molecule has 0 aliphatic carbocycles. The lowest BCUT2D eigenvalue weighted by Gasteiger charge is -2.31. The molecule has 1 aromatic rings. The number of aliphatic imine (C=N–C) groups is 1. The van der Waals surface area contributed by atoms with E-state index in [0.29, 0.717) is 12.6 Å². The third kappa shape index (κ3) is 9.66. The van der Waals surface area contributed by atoms with Gasteiger partial charge in [0.05, 0.1) is 0 Å². The van der Waals surface area contributed by atoms with Crippen LogP contribution in [-0.4, -0.2) is 75.9 Å². The number of unbranched alkanes of at least 4 members (excludes halogenated alkanes) is 1. The Labute approximate surface area is 199 Å². The molecule has 0 unspecified atom stereocenters. The highest BCUT2D eigenvalue weighted by Crippen LogP contribution is 2.15. The highest BCUT2D eigenvalue weighted by Gasteiger charge is 2.18. The van der Waals surface area contributed by atoms with Crippen molar-refractivity contribution in [3.05, 3.63) is 42.5 Å². The maximum absolute atomic E-state index is 6.00. The molecule has 0 amide bonds. The molecule has 1 saturated heterocycles. The number of nitrogens with one attached hydrogen (secondary N) is 1. The van der Waals surface area contributed by atoms with Crippen molar-refractivity contribution >= 4 is 29.9 Å². The molecule has 170 valence electrons. The SMILES string of the molecule is C=CCCCN(C)C(=NC)NCc1cccc(OCCN(C)C2CCOCC2)c1.I. The van der Waals surface area contributed by atoms with Crippen LogP contribution in [0.3, 0.4) is 0 Å². The molecule has 1 aromatic carbocycles. The zero-order valence-corrected chi connectivity index (χ0v) is 21.1. The lowest BCUT2D eigenvalue weighted by molar-refractivity contribution is 0.0392. The first-order valence-corrected chi connectivity index (χ1v) is 10.7. The van der Waals surface area contributed by atoms with Gasteiger partial charge in [0, 0.05) is 53.0 Å². The molecule has 1 aliphatic heterocycles. The van der Waals surface area contributed by atoms with Gasteiger partial charge in [-0.2, -0.15) is 0 Å². The molecule has 0 spiro atoms. The monoisotopic (exact) mass is 530 g/mol. The molecule has 0 atom stereocenters. The fraction of sp³-hybridized carbons (Fsp3) is 0.609. The van der Waals surface area contributed by atoms with Crippen LogP contribution in [0.4, 0.5) is 0 Å². The van der Waals surface area contributed by atoms with E-state index in [1.165, 1.54) is 5.56 Å². The number of benzene rings is 1. The minimum atomic E-state index is 0. The normalized spacial score (nSPS) is 14.9. The summed E-state index contributed by atoms with van der Waals surface area (Å²) in [4.78, 5) is 8.92. The smallest absolute Gasteiger partial charge is 0.193 e. The van der Waals surface area contributed by atoms with E-state index in [4.69, 9.17) is 9.47 Å². The Kier molecular flexibility index (Phi) is 13.8. The lowest BCUT2D eigenvalue weighted by Crippen LogP contribution is -2.39. The summed E-state index contributed by atoms with van der Waals surface area (Å²) in [5, 5.41) is 3.43. The van der Waals surface area contributed by atoms with Crippen LogP contribution in [0.2, 0.25) is 0 Å². The van der Waals surface area contributed by atoms with Crippen molar-refractivity contribution < 1.29 is 9.47 Å². The second-order valence-electron chi connectivity index (χ2n) is 7.57. The zero-order chi connectivity index (χ0) is 20.9. The number of halogens is 1. The fourth-order valence-electron chi connectivity index (χ4n) is 3.51. The molecule has 6 nitrogen and oxygen atoms in total. The second-order valence-corrected chi connectivity index (χ2v) is 7.57. The van der Waals surface area contributed by atoms with Crippen molar-refractivity contribution in [2.24, 2.45) is 4.99 Å². The van der Waals surface area contributed by atoms with Crippen molar-refractivity contribution in [2.45, 2.75) is 38.3 Å². The molecule has 1 aliphatic rings. The Balaban J connectivity index is 0.00000450. The average Bonchev–Trinajstić information content (AvgIpc) is 2.75. The predicted molar refractivity (Wildman–Crippen MR) is 136 cm³/mol. The number of guanidine groups is 1. The molecule has 0 radical (unpaired) electrons. The van der Waals surface area contributed by atoms with Crippen LogP contribution in [0.1, 0.15) is 31.2 Å². The zero-order valence-electron chi connectivity index (χ0n) is 18.8. The van der Waals surface area contributed by atoms with Crippen molar-refractivity contribution in [2.75, 3.05) is 54.1 Å². The van der Waals surface area contributed by atoms with E-state index in [1.807, 2.05) is 25.3 Å². The Bertz CT molecular complexity index is 635. The third-order valence-corrected chi connectivity index (χ3v) is 5.35. The minimum absolute atomic E-state index is 0. The van der Waals surface area contributed by atoms with Gasteiger partial charge >= 0.3 is 0 Å². The van der Waals surface area contributed by atoms with Crippen molar-refractivity contribution in [1.29, 1.82) is 0 Å². The summed E-state index contributed by atoms with van der Waals surface area (Å²) >= 11 is 0. The van der Waals surface area contributed by atoms with Gasteiger partial charge in [-0.3, -0.25) is 9.89 Å². The van der Waals surface area contributed by atoms with Gasteiger partial charge in [0.1, 0.15) is 12.4 Å². The molecule has 0 saturated carbocycles. The van der Waals surface area contributed by atoms with E-state index in [2.05, 4.69) is 52.9 Å². The van der Waals surface area contributed by atoms with Crippen LogP contribution in [-0.2, 0) is 11.3 Å². The fourth-order valence-corrected chi connectivity index (χ4v) is 3.51. The molecule has 0 aromatic heterocycles. The van der Waals surface area contributed by atoms with E-state index in [0.717, 1.165) is 70.2 Å². The number of hydrogen-bond acceptors (Lipinski definition) is 4. The van der Waals surface area contributed by atoms with Gasteiger partial charge < -0.3 is 19.7 Å². The Hall–Kier alpha value is -1.32. The summed E-state index contributed by atoms with van der Waals surface area (Å²) in [6.45, 7) is 8.81. The summed E-state index contributed by atoms with van der Waals surface area (Å²) in [6.07, 6.45) is 6.27. The molecule has 1 heterocycles. The Morgan fingerprint density at radius 1 is 1.30 bits per heavy atom. The third-order valence-electron chi connectivity index (χ3n) is 5.35. The topological polar surface area (TPSA) is 49.3 Å². The largest absolute Gasteiger partial charge is 0.492 e. The maximum Gasteiger partial charge on any atom is 0.193 e. The molecular weight excluding hydrogens is 491 g/mol. The number of nitrogens with zero attached hydrogens (tertiary/aromatic N) is 3. The van der Waals surface area contributed by atoms with Crippen LogP contribution in [0, 0.1) is 0 Å². The minimum Gasteiger partial charge on any atom is -0.492 e. The Morgan fingerprint density at radius 2 is 2.07 bits per heavy atom. The van der Waals surface area contributed by atoms with Gasteiger partial charge in [0.2, 0.25) is 0 Å². The summed E-state index contributed by atoms with van der Waals surface area (Å²) < 4.78 is 11.4. The van der Waals surface area contributed by atoms with Crippen LogP contribution < -0.4 is 10.1 Å². The molecule has 0 bridgehead atoms. The molecule has 7 heteroatoms. The van der Waals surface area contributed by atoms with Gasteiger partial charge in [-0.15, -0.1) is 30.6 Å². The van der Waals surface area contributed by atoms with Gasteiger partial charge in [-0.25, -0.2) is 0 Å². The highest BCUT2D eigenvalue weighted by atomic mass is 127. The van der Waals surface area contributed by atoms with E-state index in [-0.39, 0.29) is 24.0 Å². The predicted octanol–water partition coefficient (Wildman–Crippen LogP) is 3.77. The first-order chi connectivity index (χ1) is 14.1. The Morgan fingerprint density at radius 3 is 2.77 bits per heavy atom. The molecule has 2 rings (SSSR count). The quantitative estimate of drug-likeness (QED) is 0.155. The molecular formula is C23H39IN4O2. The van der Waals surface area contributed by atoms with E-state index in [9.17, 15) is 0 Å². The van der Waals surface area contributed by atoms with Gasteiger partial charge in [-0.1, -0.05) is 18.2 Å². The van der Waals surface area contributed by atoms with Crippen molar-refractivity contribution in [3.8, 4) is 5.75 Å². The number of allylic oxidation sites excluding steroid dienone is 1. The molecule has 30 heavy (non-hydrogen) atoms. The average molecular weight is 530 g/mol. The second kappa shape index (κ2) is 15.5. The molecule has 1 N–H and O–H groups in total. The summed E-state index contributed by atoms with van der Waals surface area (Å²) in [6, 6.07) is 8.89. The highest BCUT2D eigenvalue weighted by molar-refractivity contribution is 14.0. The summed E-state index contributed by atoms with van der Waals surface area (Å²) in [7, 11) is 6.06. The standard InChI is InChI=1S/C23H38N4O2.HI/c1-5-6-7-13-27(4)23(24-2)25-19-20-9-8-10-22(18-20)29-17-14-26(3)21-11-15-28-16-12-21;/h5,8-10,18,21H,1,6-7,11-17,19H2,2-4H3,(H,24,25);1H. The first-order valence-electron chi connectivity index (χ1n) is 10.7. The van der Waals surface area contributed by atoms with Crippen LogP contribution in [0.15, 0.2) is 41.9 Å².